The summed E-state index contributed by atoms with van der Waals surface area (Å²) in [5.74, 6) is -1.96. The van der Waals surface area contributed by atoms with Crippen LogP contribution in [-0.4, -0.2) is 38.8 Å². The van der Waals surface area contributed by atoms with E-state index in [2.05, 4.69) is 15.7 Å². The van der Waals surface area contributed by atoms with Crippen LogP contribution in [0.2, 0.25) is 0 Å². The molecule has 0 fully saturated rings. The second-order valence-electron chi connectivity index (χ2n) is 3.96. The molecule has 0 aliphatic carbocycles. The molecule has 0 aromatic carbocycles. The first-order chi connectivity index (χ1) is 8.81. The zero-order valence-electron chi connectivity index (χ0n) is 10.5. The number of hydrogen-bond donors (Lipinski definition) is 4. The van der Waals surface area contributed by atoms with Gasteiger partial charge in [-0.2, -0.15) is 5.10 Å². The lowest BCUT2D eigenvalue weighted by Gasteiger charge is -2.15. The number of urea groups is 1. The molecule has 0 aliphatic rings. The van der Waals surface area contributed by atoms with Gasteiger partial charge in [0.1, 0.15) is 6.04 Å². The summed E-state index contributed by atoms with van der Waals surface area (Å²) in [6, 6.07) is -2.96. The van der Waals surface area contributed by atoms with Gasteiger partial charge in [0, 0.05) is 18.8 Å². The lowest BCUT2D eigenvalue weighted by Crippen LogP contribution is -2.48. The zero-order valence-corrected chi connectivity index (χ0v) is 10.5. The smallest absolute Gasteiger partial charge is 0.331 e. The fraction of sp³-hybridized carbons (Fsp3) is 0.400. The number of carbonyl (C=O) groups excluding carboxylic acids is 2. The molecule has 0 saturated carbocycles. The molecule has 0 spiro atoms. The average molecular weight is 269 g/mol. The van der Waals surface area contributed by atoms with Gasteiger partial charge in [-0.3, -0.25) is 9.48 Å². The lowest BCUT2D eigenvalue weighted by molar-refractivity contribution is -0.139. The van der Waals surface area contributed by atoms with E-state index < -0.39 is 30.0 Å². The second kappa shape index (κ2) is 5.85. The molecule has 3 amide bonds. The van der Waals surface area contributed by atoms with Crippen LogP contribution in [0.3, 0.4) is 0 Å². The highest BCUT2D eigenvalue weighted by molar-refractivity contribution is 5.88. The number of hydrogen-bond acceptors (Lipinski definition) is 4. The minimum Gasteiger partial charge on any atom is -0.479 e. The van der Waals surface area contributed by atoms with E-state index in [0.717, 1.165) is 0 Å². The SMILES string of the molecule is CC(NC(=O)NC(C(=O)O)c1cnn(C)c1)C(N)=O. The Morgan fingerprint density at radius 2 is 2.05 bits per heavy atom. The fourth-order valence-electron chi connectivity index (χ4n) is 1.32. The fourth-order valence-corrected chi connectivity index (χ4v) is 1.32. The van der Waals surface area contributed by atoms with Crippen molar-refractivity contribution in [3.8, 4) is 0 Å². The molecular weight excluding hydrogens is 254 g/mol. The van der Waals surface area contributed by atoms with Gasteiger partial charge < -0.3 is 21.5 Å². The standard InChI is InChI=1S/C10H15N5O4/c1-5(8(11)16)13-10(19)14-7(9(17)18)6-3-12-15(2)4-6/h3-5,7H,1-2H3,(H2,11,16)(H,17,18)(H2,13,14,19). The molecule has 1 heterocycles. The third kappa shape index (κ3) is 3.98. The van der Waals surface area contributed by atoms with Crippen molar-refractivity contribution in [3.05, 3.63) is 18.0 Å². The van der Waals surface area contributed by atoms with Crippen LogP contribution >= 0.6 is 0 Å². The van der Waals surface area contributed by atoms with Crippen LogP contribution in [0.5, 0.6) is 0 Å². The molecule has 0 saturated heterocycles. The van der Waals surface area contributed by atoms with E-state index in [9.17, 15) is 14.4 Å². The molecule has 19 heavy (non-hydrogen) atoms. The summed E-state index contributed by atoms with van der Waals surface area (Å²) in [7, 11) is 1.62. The minimum absolute atomic E-state index is 0.317. The molecule has 2 unspecified atom stereocenters. The Balaban J connectivity index is 2.72. The van der Waals surface area contributed by atoms with Gasteiger partial charge in [-0.05, 0) is 6.92 Å². The van der Waals surface area contributed by atoms with E-state index in [0.29, 0.717) is 5.56 Å². The summed E-state index contributed by atoms with van der Waals surface area (Å²) >= 11 is 0. The van der Waals surface area contributed by atoms with Crippen molar-refractivity contribution in [2.45, 2.75) is 19.0 Å². The van der Waals surface area contributed by atoms with Gasteiger partial charge in [0.2, 0.25) is 5.91 Å². The summed E-state index contributed by atoms with van der Waals surface area (Å²) in [5.41, 5.74) is 5.29. The Hall–Kier alpha value is -2.58. The van der Waals surface area contributed by atoms with E-state index in [1.54, 1.807) is 7.05 Å². The van der Waals surface area contributed by atoms with Crippen molar-refractivity contribution >= 4 is 17.9 Å². The van der Waals surface area contributed by atoms with E-state index in [1.807, 2.05) is 0 Å². The van der Waals surface area contributed by atoms with Crippen molar-refractivity contribution in [2.24, 2.45) is 12.8 Å². The second-order valence-corrected chi connectivity index (χ2v) is 3.96. The summed E-state index contributed by atoms with van der Waals surface area (Å²) in [6.07, 6.45) is 2.80. The number of nitrogens with one attached hydrogen (secondary N) is 2. The Bertz CT molecular complexity index is 498. The topological polar surface area (TPSA) is 139 Å². The molecule has 104 valence electrons. The van der Waals surface area contributed by atoms with E-state index >= 15 is 0 Å². The molecule has 9 nitrogen and oxygen atoms in total. The minimum atomic E-state index is -1.26. The summed E-state index contributed by atoms with van der Waals surface area (Å²) in [6.45, 7) is 1.39. The number of rotatable bonds is 5. The normalized spacial score (nSPS) is 13.4. The number of nitrogens with zero attached hydrogens (tertiary/aromatic N) is 2. The van der Waals surface area contributed by atoms with Gasteiger partial charge in [0.15, 0.2) is 6.04 Å². The first-order valence-electron chi connectivity index (χ1n) is 5.39. The third-order valence-corrected chi connectivity index (χ3v) is 2.35. The van der Waals surface area contributed by atoms with Gasteiger partial charge in [-0.1, -0.05) is 0 Å². The number of aromatic nitrogens is 2. The predicted octanol–water partition coefficient (Wildman–Crippen LogP) is -1.28. The number of aryl methyl sites for hydroxylation is 1. The number of amides is 3. The number of nitrogens with two attached hydrogens (primary N) is 1. The van der Waals surface area contributed by atoms with Crippen molar-refractivity contribution in [1.29, 1.82) is 0 Å². The quantitative estimate of drug-likeness (QED) is 0.527. The van der Waals surface area contributed by atoms with Gasteiger partial charge in [-0.25, -0.2) is 9.59 Å². The average Bonchev–Trinajstić information content (AvgIpc) is 2.71. The number of aliphatic carboxylic acids is 1. The van der Waals surface area contributed by atoms with Gasteiger partial charge in [0.25, 0.3) is 0 Å². The molecule has 0 radical (unpaired) electrons. The van der Waals surface area contributed by atoms with Crippen LogP contribution in [0.15, 0.2) is 12.4 Å². The molecule has 1 aromatic rings. The first kappa shape index (κ1) is 14.5. The maximum Gasteiger partial charge on any atom is 0.331 e. The maximum atomic E-state index is 11.5. The number of carboxylic acid groups (broad SMARTS) is 1. The highest BCUT2D eigenvalue weighted by atomic mass is 16.4. The third-order valence-electron chi connectivity index (χ3n) is 2.35. The largest absolute Gasteiger partial charge is 0.479 e. The van der Waals surface area contributed by atoms with Crippen molar-refractivity contribution in [1.82, 2.24) is 20.4 Å². The van der Waals surface area contributed by atoms with Gasteiger partial charge in [-0.15, -0.1) is 0 Å². The Morgan fingerprint density at radius 1 is 1.42 bits per heavy atom. The molecule has 2 atom stereocenters. The summed E-state index contributed by atoms with van der Waals surface area (Å²) in [4.78, 5) is 33.4. The van der Waals surface area contributed by atoms with E-state index in [1.165, 1.54) is 24.0 Å². The van der Waals surface area contributed by atoms with Crippen molar-refractivity contribution in [3.63, 3.8) is 0 Å². The van der Waals surface area contributed by atoms with Crippen molar-refractivity contribution < 1.29 is 19.5 Å². The van der Waals surface area contributed by atoms with E-state index in [4.69, 9.17) is 10.8 Å². The number of carbonyl (C=O) groups is 3. The summed E-state index contributed by atoms with van der Waals surface area (Å²) < 4.78 is 1.41. The molecule has 0 aliphatic heterocycles. The molecule has 0 bridgehead atoms. The first-order valence-corrected chi connectivity index (χ1v) is 5.39. The Labute approximate surface area is 108 Å². The zero-order chi connectivity index (χ0) is 14.6. The molecule has 1 rings (SSSR count). The van der Waals surface area contributed by atoms with Crippen molar-refractivity contribution in [2.75, 3.05) is 0 Å². The molecule has 5 N–H and O–H groups in total. The van der Waals surface area contributed by atoms with Crippen LogP contribution in [-0.2, 0) is 16.6 Å². The van der Waals surface area contributed by atoms with Crippen LogP contribution in [0.25, 0.3) is 0 Å². The Morgan fingerprint density at radius 3 is 2.47 bits per heavy atom. The van der Waals surface area contributed by atoms with Gasteiger partial charge in [0.05, 0.1) is 6.20 Å². The predicted molar refractivity (Wildman–Crippen MR) is 63.9 cm³/mol. The molecule has 9 heteroatoms. The lowest BCUT2D eigenvalue weighted by atomic mass is 10.1. The van der Waals surface area contributed by atoms with Crippen LogP contribution in [0.4, 0.5) is 4.79 Å². The number of carboxylic acids is 1. The highest BCUT2D eigenvalue weighted by Crippen LogP contribution is 2.11. The molecular formula is C10H15N5O4. The maximum absolute atomic E-state index is 11.5. The monoisotopic (exact) mass is 269 g/mol. The Kier molecular flexibility index (Phi) is 4.46. The highest BCUT2D eigenvalue weighted by Gasteiger charge is 2.24. The van der Waals surface area contributed by atoms with Crippen LogP contribution in [0, 0.1) is 0 Å². The van der Waals surface area contributed by atoms with Crippen LogP contribution in [0.1, 0.15) is 18.5 Å². The van der Waals surface area contributed by atoms with Crippen LogP contribution < -0.4 is 16.4 Å². The summed E-state index contributed by atoms with van der Waals surface area (Å²) in [5, 5.41) is 17.3. The number of primary amides is 1. The molecule has 1 aromatic heterocycles. The van der Waals surface area contributed by atoms with E-state index in [-0.39, 0.29) is 0 Å². The van der Waals surface area contributed by atoms with Gasteiger partial charge >= 0.3 is 12.0 Å².